The molecule has 0 spiro atoms. The molecule has 0 aromatic heterocycles. The molecule has 12 heavy (non-hydrogen) atoms. The van der Waals surface area contributed by atoms with Crippen molar-refractivity contribution < 1.29 is 19.0 Å². The van der Waals surface area contributed by atoms with Crippen LogP contribution in [-0.4, -0.2) is 32.1 Å². The molecule has 1 heterocycles. The Balaban J connectivity index is 0.00000121. The molecule has 0 aromatic carbocycles. The number of esters is 1. The standard InChI is InChI=1S/C7H12O4.CH4/c1-2-9-6(8)5-7-10-3-4-11-7;/h7H,2-5H2,1H3;1H4. The Morgan fingerprint density at radius 2 is 2.08 bits per heavy atom. The van der Waals surface area contributed by atoms with Crippen molar-refractivity contribution in [2.75, 3.05) is 19.8 Å². The smallest absolute Gasteiger partial charge is 0.310 e. The Labute approximate surface area is 72.8 Å². The molecular weight excluding hydrogens is 160 g/mol. The summed E-state index contributed by atoms with van der Waals surface area (Å²) in [5.41, 5.74) is 0. The van der Waals surface area contributed by atoms with E-state index in [4.69, 9.17) is 14.2 Å². The average molecular weight is 176 g/mol. The van der Waals surface area contributed by atoms with Crippen LogP contribution >= 0.6 is 0 Å². The molecular formula is C8H16O4. The first-order valence-electron chi connectivity index (χ1n) is 3.71. The lowest BCUT2D eigenvalue weighted by Crippen LogP contribution is -2.16. The summed E-state index contributed by atoms with van der Waals surface area (Å²) in [5, 5.41) is 0. The van der Waals surface area contributed by atoms with Gasteiger partial charge in [-0.25, -0.2) is 0 Å². The van der Waals surface area contributed by atoms with Crippen LogP contribution < -0.4 is 0 Å². The molecule has 0 bridgehead atoms. The summed E-state index contributed by atoms with van der Waals surface area (Å²) in [6.45, 7) is 3.33. The zero-order chi connectivity index (χ0) is 8.10. The van der Waals surface area contributed by atoms with Gasteiger partial charge in [0.25, 0.3) is 0 Å². The highest BCUT2D eigenvalue weighted by Crippen LogP contribution is 2.08. The van der Waals surface area contributed by atoms with Gasteiger partial charge < -0.3 is 14.2 Å². The van der Waals surface area contributed by atoms with Crippen LogP contribution in [0.5, 0.6) is 0 Å². The first-order chi connectivity index (χ1) is 5.33. The number of rotatable bonds is 3. The van der Waals surface area contributed by atoms with E-state index in [-0.39, 0.29) is 26.1 Å². The van der Waals surface area contributed by atoms with Crippen molar-refractivity contribution >= 4 is 5.97 Å². The molecule has 0 aliphatic carbocycles. The lowest BCUT2D eigenvalue weighted by Gasteiger charge is -2.06. The molecule has 0 N–H and O–H groups in total. The molecule has 0 amide bonds. The van der Waals surface area contributed by atoms with Gasteiger partial charge in [0.05, 0.1) is 26.2 Å². The van der Waals surface area contributed by atoms with Gasteiger partial charge in [-0.3, -0.25) is 4.79 Å². The van der Waals surface area contributed by atoms with Crippen LogP contribution in [0.1, 0.15) is 20.8 Å². The van der Waals surface area contributed by atoms with Crippen LogP contribution in [0.15, 0.2) is 0 Å². The van der Waals surface area contributed by atoms with E-state index in [2.05, 4.69) is 0 Å². The Morgan fingerprint density at radius 3 is 2.58 bits per heavy atom. The quantitative estimate of drug-likeness (QED) is 0.600. The largest absolute Gasteiger partial charge is 0.466 e. The highest BCUT2D eigenvalue weighted by Gasteiger charge is 2.19. The summed E-state index contributed by atoms with van der Waals surface area (Å²) >= 11 is 0. The van der Waals surface area contributed by atoms with Crippen LogP contribution in [0.2, 0.25) is 0 Å². The molecule has 0 radical (unpaired) electrons. The summed E-state index contributed by atoms with van der Waals surface area (Å²) in [5.74, 6) is -0.264. The van der Waals surface area contributed by atoms with Gasteiger partial charge in [-0.1, -0.05) is 7.43 Å². The summed E-state index contributed by atoms with van der Waals surface area (Å²) < 4.78 is 14.8. The molecule has 1 saturated heterocycles. The Bertz CT molecular complexity index is 129. The predicted octanol–water partition coefficient (Wildman–Crippen LogP) is 0.949. The minimum Gasteiger partial charge on any atom is -0.466 e. The van der Waals surface area contributed by atoms with Crippen molar-refractivity contribution in [3.63, 3.8) is 0 Å². The second-order valence-corrected chi connectivity index (χ2v) is 2.18. The topological polar surface area (TPSA) is 44.8 Å². The van der Waals surface area contributed by atoms with E-state index in [1.807, 2.05) is 0 Å². The molecule has 0 atom stereocenters. The minimum atomic E-state index is -0.381. The van der Waals surface area contributed by atoms with E-state index < -0.39 is 0 Å². The molecule has 0 saturated carbocycles. The Kier molecular flexibility index (Phi) is 5.66. The van der Waals surface area contributed by atoms with E-state index in [9.17, 15) is 4.79 Å². The second-order valence-electron chi connectivity index (χ2n) is 2.18. The first-order valence-corrected chi connectivity index (χ1v) is 3.71. The zero-order valence-corrected chi connectivity index (χ0v) is 6.54. The summed E-state index contributed by atoms with van der Waals surface area (Å²) in [6.07, 6.45) is -0.178. The van der Waals surface area contributed by atoms with Gasteiger partial charge in [0, 0.05) is 0 Å². The highest BCUT2D eigenvalue weighted by molar-refractivity contribution is 5.69. The van der Waals surface area contributed by atoms with Crippen LogP contribution in [0.3, 0.4) is 0 Å². The van der Waals surface area contributed by atoms with Gasteiger partial charge in [0.15, 0.2) is 6.29 Å². The molecule has 1 aliphatic heterocycles. The molecule has 4 nitrogen and oxygen atoms in total. The van der Waals surface area contributed by atoms with Crippen molar-refractivity contribution in [2.45, 2.75) is 27.1 Å². The van der Waals surface area contributed by atoms with Crippen molar-refractivity contribution in [3.05, 3.63) is 0 Å². The van der Waals surface area contributed by atoms with Gasteiger partial charge in [0.1, 0.15) is 0 Å². The number of hydrogen-bond acceptors (Lipinski definition) is 4. The Morgan fingerprint density at radius 1 is 1.50 bits per heavy atom. The van der Waals surface area contributed by atoms with Crippen LogP contribution in [0.4, 0.5) is 0 Å². The zero-order valence-electron chi connectivity index (χ0n) is 6.54. The maximum atomic E-state index is 10.8. The first kappa shape index (κ1) is 11.4. The monoisotopic (exact) mass is 176 g/mol. The SMILES string of the molecule is C.CCOC(=O)CC1OCCO1. The van der Waals surface area contributed by atoms with Crippen LogP contribution in [0, 0.1) is 0 Å². The van der Waals surface area contributed by atoms with Crippen molar-refractivity contribution in [3.8, 4) is 0 Å². The third kappa shape index (κ3) is 3.69. The van der Waals surface area contributed by atoms with Gasteiger partial charge in [0.2, 0.25) is 0 Å². The van der Waals surface area contributed by atoms with Gasteiger partial charge in [-0.15, -0.1) is 0 Å². The summed E-state index contributed by atoms with van der Waals surface area (Å²) in [6, 6.07) is 0. The third-order valence-electron chi connectivity index (χ3n) is 1.33. The molecule has 1 fully saturated rings. The fraction of sp³-hybridized carbons (Fsp3) is 0.875. The van der Waals surface area contributed by atoms with Crippen molar-refractivity contribution in [2.24, 2.45) is 0 Å². The number of carbonyl (C=O) groups is 1. The van der Waals surface area contributed by atoms with Crippen LogP contribution in [-0.2, 0) is 19.0 Å². The molecule has 1 rings (SSSR count). The van der Waals surface area contributed by atoms with Crippen LogP contribution in [0.25, 0.3) is 0 Å². The maximum Gasteiger partial charge on any atom is 0.310 e. The summed E-state index contributed by atoms with van der Waals surface area (Å²) in [7, 11) is 0. The molecule has 1 aliphatic rings. The van der Waals surface area contributed by atoms with Gasteiger partial charge >= 0.3 is 5.97 Å². The number of ether oxygens (including phenoxy) is 3. The van der Waals surface area contributed by atoms with E-state index in [0.29, 0.717) is 19.8 Å². The molecule has 72 valence electrons. The van der Waals surface area contributed by atoms with Crippen molar-refractivity contribution in [1.82, 2.24) is 0 Å². The molecule has 4 heteroatoms. The fourth-order valence-electron chi connectivity index (χ4n) is 0.881. The van der Waals surface area contributed by atoms with E-state index >= 15 is 0 Å². The number of carbonyl (C=O) groups excluding carboxylic acids is 1. The van der Waals surface area contributed by atoms with E-state index in [0.717, 1.165) is 0 Å². The second kappa shape index (κ2) is 5.97. The van der Waals surface area contributed by atoms with E-state index in [1.165, 1.54) is 0 Å². The lowest BCUT2D eigenvalue weighted by molar-refractivity contribution is -0.151. The Hall–Kier alpha value is -0.610. The average Bonchev–Trinajstić information content (AvgIpc) is 2.40. The van der Waals surface area contributed by atoms with E-state index in [1.54, 1.807) is 6.92 Å². The maximum absolute atomic E-state index is 10.8. The van der Waals surface area contributed by atoms with Crippen molar-refractivity contribution in [1.29, 1.82) is 0 Å². The lowest BCUT2D eigenvalue weighted by atomic mass is 10.4. The summed E-state index contributed by atoms with van der Waals surface area (Å²) in [4.78, 5) is 10.8. The van der Waals surface area contributed by atoms with Gasteiger partial charge in [-0.2, -0.15) is 0 Å². The molecule has 0 unspecified atom stereocenters. The highest BCUT2D eigenvalue weighted by atomic mass is 16.7. The molecule has 0 aromatic rings. The number of hydrogen-bond donors (Lipinski definition) is 0. The van der Waals surface area contributed by atoms with Gasteiger partial charge in [-0.05, 0) is 6.92 Å². The fourth-order valence-corrected chi connectivity index (χ4v) is 0.881. The third-order valence-corrected chi connectivity index (χ3v) is 1.33. The predicted molar refractivity (Wildman–Crippen MR) is 43.7 cm³/mol. The normalized spacial score (nSPS) is 17.1. The minimum absolute atomic E-state index is 0.